The van der Waals surface area contributed by atoms with Crippen LogP contribution in [-0.4, -0.2) is 27.0 Å². The van der Waals surface area contributed by atoms with Gasteiger partial charge in [0.15, 0.2) is 11.7 Å². The molecule has 3 aromatic heterocycles. The van der Waals surface area contributed by atoms with Gasteiger partial charge in [0.2, 0.25) is 0 Å². The topological polar surface area (TPSA) is 71.6 Å². The van der Waals surface area contributed by atoms with Crippen LogP contribution in [0.15, 0.2) is 202 Å². The Labute approximate surface area is 327 Å². The summed E-state index contributed by atoms with van der Waals surface area (Å²) < 4.78 is 11.5. The quantitative estimate of drug-likeness (QED) is 0.139. The first-order valence-corrected chi connectivity index (χ1v) is 19.0. The molecule has 3 heterocycles. The summed E-state index contributed by atoms with van der Waals surface area (Å²) in [5.41, 5.74) is 10.6. The molecule has 0 aliphatic rings. The number of benzene rings is 8. The van der Waals surface area contributed by atoms with E-state index in [1.807, 2.05) is 78.9 Å². The molecule has 268 valence electrons. The molecule has 0 saturated heterocycles. The number of aliphatic imine (C=N–C) groups is 2. The number of amidine groups is 2. The second-order valence-corrected chi connectivity index (χ2v) is 14.2. The normalized spacial score (nSPS) is 12.3. The molecule has 0 aliphatic heterocycles. The van der Waals surface area contributed by atoms with Crippen LogP contribution in [0.3, 0.4) is 0 Å². The number of furan rings is 1. The molecule has 0 spiro atoms. The van der Waals surface area contributed by atoms with Crippen LogP contribution < -0.4 is 0 Å². The Morgan fingerprint density at radius 1 is 0.491 bits per heavy atom. The van der Waals surface area contributed by atoms with E-state index < -0.39 is 0 Å². The summed E-state index contributed by atoms with van der Waals surface area (Å²) in [7, 11) is 0. The third-order valence-corrected chi connectivity index (χ3v) is 10.9. The molecule has 0 fully saturated rings. The number of rotatable bonds is 5. The highest BCUT2D eigenvalue weighted by atomic mass is 16.3. The number of hydrogen-bond donors (Lipinski definition) is 1. The van der Waals surface area contributed by atoms with Crippen molar-refractivity contribution in [3.63, 3.8) is 0 Å². The number of nitrogens with zero attached hydrogens (tertiary/aromatic N) is 4. The Kier molecular flexibility index (Phi) is 7.54. The van der Waals surface area contributed by atoms with E-state index >= 15 is 0 Å². The maximum Gasteiger partial charge on any atom is 0.161 e. The molecular weight excluding hydrogens is 699 g/mol. The number of para-hydroxylation sites is 3. The van der Waals surface area contributed by atoms with Crippen LogP contribution >= 0.6 is 0 Å². The summed E-state index contributed by atoms with van der Waals surface area (Å²) in [6.45, 7) is 0. The lowest BCUT2D eigenvalue weighted by atomic mass is 10.1. The molecule has 11 rings (SSSR count). The molecule has 11 aromatic rings. The van der Waals surface area contributed by atoms with Crippen LogP contribution in [0.2, 0.25) is 0 Å². The number of aromatic nitrogens is 2. The highest BCUT2D eigenvalue weighted by molar-refractivity contribution is 6.25. The van der Waals surface area contributed by atoms with Gasteiger partial charge in [-0.15, -0.1) is 0 Å². The largest absolute Gasteiger partial charge is 0.456 e. The summed E-state index contributed by atoms with van der Waals surface area (Å²) in [5, 5.41) is 15.6. The van der Waals surface area contributed by atoms with Crippen LogP contribution in [0.25, 0.3) is 76.9 Å². The van der Waals surface area contributed by atoms with Crippen molar-refractivity contribution in [1.29, 1.82) is 5.41 Å². The van der Waals surface area contributed by atoms with Crippen LogP contribution in [0.5, 0.6) is 0 Å². The number of nitrogens with one attached hydrogen (secondary N) is 1. The van der Waals surface area contributed by atoms with Crippen molar-refractivity contribution in [1.82, 2.24) is 9.13 Å². The molecule has 6 nitrogen and oxygen atoms in total. The molecule has 0 bridgehead atoms. The lowest BCUT2D eigenvalue weighted by Crippen LogP contribution is -2.04. The fraction of sp³-hybridized carbons (Fsp3) is 0. The molecule has 0 radical (unpaired) electrons. The lowest BCUT2D eigenvalue weighted by Gasteiger charge is -2.13. The average molecular weight is 732 g/mol. The summed E-state index contributed by atoms with van der Waals surface area (Å²) in [6, 6.07) is 64.4. The number of fused-ring (bicyclic) bond motifs is 10. The van der Waals surface area contributed by atoms with E-state index in [0.29, 0.717) is 17.0 Å². The molecule has 8 aromatic carbocycles. The fourth-order valence-corrected chi connectivity index (χ4v) is 8.34. The molecule has 0 aliphatic carbocycles. The Morgan fingerprint density at radius 3 is 1.81 bits per heavy atom. The van der Waals surface area contributed by atoms with E-state index in [9.17, 15) is 0 Å². The van der Waals surface area contributed by atoms with Crippen molar-refractivity contribution in [2.24, 2.45) is 9.98 Å². The van der Waals surface area contributed by atoms with Gasteiger partial charge in [0.25, 0.3) is 0 Å². The molecule has 0 saturated carbocycles. The monoisotopic (exact) mass is 731 g/mol. The molecule has 0 unspecified atom stereocenters. The zero-order chi connectivity index (χ0) is 37.9. The summed E-state index contributed by atoms with van der Waals surface area (Å²) >= 11 is 0. The summed E-state index contributed by atoms with van der Waals surface area (Å²) in [5.74, 6) is 0.558. The smallest absolute Gasteiger partial charge is 0.161 e. The number of hydrogen-bond acceptors (Lipinski definition) is 2. The van der Waals surface area contributed by atoms with Crippen LogP contribution in [0.4, 0.5) is 0 Å². The maximum atomic E-state index is 8.86. The van der Waals surface area contributed by atoms with Gasteiger partial charge in [-0.3, -0.25) is 5.41 Å². The molecule has 57 heavy (non-hydrogen) atoms. The van der Waals surface area contributed by atoms with Crippen LogP contribution in [-0.2, 0) is 0 Å². The van der Waals surface area contributed by atoms with Crippen LogP contribution in [0.1, 0.15) is 16.7 Å². The highest BCUT2D eigenvalue weighted by Crippen LogP contribution is 2.44. The second-order valence-electron chi connectivity index (χ2n) is 14.2. The van der Waals surface area contributed by atoms with Crippen molar-refractivity contribution in [3.8, 4) is 11.4 Å². The van der Waals surface area contributed by atoms with Gasteiger partial charge >= 0.3 is 0 Å². The Morgan fingerprint density at radius 2 is 1.09 bits per heavy atom. The minimum Gasteiger partial charge on any atom is -0.456 e. The Balaban J connectivity index is 1.16. The van der Waals surface area contributed by atoms with E-state index in [1.54, 1.807) is 6.21 Å². The summed E-state index contributed by atoms with van der Waals surface area (Å²) in [6.07, 6.45) is 1.79. The van der Waals surface area contributed by atoms with Gasteiger partial charge < -0.3 is 13.6 Å². The minimum atomic E-state index is 0.133. The molecule has 6 heteroatoms. The first-order chi connectivity index (χ1) is 28.2. The van der Waals surface area contributed by atoms with Crippen molar-refractivity contribution in [2.75, 3.05) is 0 Å². The van der Waals surface area contributed by atoms with Gasteiger partial charge in [-0.2, -0.15) is 0 Å². The van der Waals surface area contributed by atoms with E-state index in [-0.39, 0.29) is 5.84 Å². The third-order valence-electron chi connectivity index (χ3n) is 10.9. The summed E-state index contributed by atoms with van der Waals surface area (Å²) in [4.78, 5) is 9.59. The standard InChI is InChI=1S/C51H33N5O/c52-50(34-17-6-2-7-18-34)54-51(53-32-33-15-4-1-5-16-33)35-27-28-41-46(31-35)57-45-26-14-25-44(47(41)45)56-43-24-13-11-22-38(43)40-30-29-39-37-21-10-12-23-42(37)55(48(39)49(40)56)36-19-8-3-9-20-36/h1-32,52H. The van der Waals surface area contributed by atoms with E-state index in [2.05, 4.69) is 118 Å². The van der Waals surface area contributed by atoms with Gasteiger partial charge in [-0.05, 0) is 54.1 Å². The zero-order valence-corrected chi connectivity index (χ0v) is 30.7. The SMILES string of the molecule is N=C(N=C(N=Cc1ccccc1)c1ccc2c(c1)oc1cccc(-n3c4ccccc4c4ccc5c6ccccc6n(-c6ccccc6)c5c43)c12)c1ccccc1. The predicted octanol–water partition coefficient (Wildman–Crippen LogP) is 12.7. The Hall–Kier alpha value is -7.83. The second kappa shape index (κ2) is 13.2. The van der Waals surface area contributed by atoms with Crippen LogP contribution in [0, 0.1) is 5.41 Å². The van der Waals surface area contributed by atoms with Gasteiger partial charge in [-0.25, -0.2) is 9.98 Å². The van der Waals surface area contributed by atoms with Crippen molar-refractivity contribution < 1.29 is 4.42 Å². The minimum absolute atomic E-state index is 0.133. The molecular formula is C51H33N5O. The third kappa shape index (κ3) is 5.30. The zero-order valence-electron chi connectivity index (χ0n) is 30.7. The van der Waals surface area contributed by atoms with Crippen molar-refractivity contribution in [3.05, 3.63) is 205 Å². The molecule has 0 amide bonds. The first-order valence-electron chi connectivity index (χ1n) is 19.0. The molecule has 1 N–H and O–H groups in total. The fourth-order valence-electron chi connectivity index (χ4n) is 8.34. The highest BCUT2D eigenvalue weighted by Gasteiger charge is 2.23. The predicted molar refractivity (Wildman–Crippen MR) is 236 cm³/mol. The van der Waals surface area contributed by atoms with E-state index in [0.717, 1.165) is 60.9 Å². The first kappa shape index (κ1) is 32.6. The van der Waals surface area contributed by atoms with Gasteiger partial charge in [0, 0.05) is 50.0 Å². The maximum absolute atomic E-state index is 8.86. The van der Waals surface area contributed by atoms with Gasteiger partial charge in [-0.1, -0.05) is 140 Å². The van der Waals surface area contributed by atoms with Crippen molar-refractivity contribution >= 4 is 83.4 Å². The lowest BCUT2D eigenvalue weighted by molar-refractivity contribution is 0.668. The van der Waals surface area contributed by atoms with Crippen molar-refractivity contribution in [2.45, 2.75) is 0 Å². The Bertz CT molecular complexity index is 3410. The van der Waals surface area contributed by atoms with E-state index in [4.69, 9.17) is 19.8 Å². The molecule has 0 atom stereocenters. The van der Waals surface area contributed by atoms with Gasteiger partial charge in [0.1, 0.15) is 11.2 Å². The van der Waals surface area contributed by atoms with Gasteiger partial charge in [0.05, 0.1) is 33.1 Å². The van der Waals surface area contributed by atoms with E-state index in [1.165, 1.54) is 21.5 Å². The average Bonchev–Trinajstić information content (AvgIpc) is 3.93.